The van der Waals surface area contributed by atoms with E-state index in [-0.39, 0.29) is 166 Å². The van der Waals surface area contributed by atoms with Gasteiger partial charge in [-0.1, -0.05) is 11.6 Å². The number of amides is 6. The van der Waals surface area contributed by atoms with Crippen molar-refractivity contribution in [2.75, 3.05) is 83.3 Å². The Morgan fingerprint density at radius 1 is 0.444 bits per heavy atom. The first-order valence-corrected chi connectivity index (χ1v) is 38.2. The number of hydrogen-bond donors (Lipinski definition) is 2. The molecule has 1 fully saturated rings. The largest absolute Gasteiger partial charge is 0.506 e. The Bertz CT molecular complexity index is 5730. The number of aliphatic hydroxyl groups excluding tert-OH is 1. The SMILES string of the molecule is CN(C)C(=O)c1ccc(O)cn1.CN(C)C(=O)c1ccc(Oc2ccc([N+](=O)[O-])cc2C=O)cn1.CN(C)C(=O)c1ccc(Oc2ccc([N+](=O)[O-])cc2CN2CCCC2=O)cn1.CN(C)C(=O)c1ccc(Oc2ccc([N+](=O)[O-])cc2CO)cn1.CN(C)C(=O)c1ccc(Oc2ccc([N+](=O)[O-])cc2COS(C)(=O)=O)cn1.O=Cc1cc([N+](=O)[O-])ccc1Cl.[Fe]. The monoisotopic (exact) mass is 1820 g/mol. The Balaban J connectivity index is 0.000000274. The van der Waals surface area contributed by atoms with Crippen LogP contribution in [0.4, 0.5) is 28.4 Å². The molecule has 11 rings (SSSR count). The number of carbonyl (C=O) groups is 8. The number of carbonyl (C=O) groups excluding carboxylic acids is 8. The number of non-ortho nitro benzene ring substituents is 5. The summed E-state index contributed by atoms with van der Waals surface area (Å²) < 4.78 is 49.6. The van der Waals surface area contributed by atoms with Crippen LogP contribution in [0.5, 0.6) is 51.7 Å². The van der Waals surface area contributed by atoms with Crippen molar-refractivity contribution in [3.05, 3.63) is 295 Å². The number of ether oxygens (including phenoxy) is 4. The number of hydrogen-bond acceptors (Lipinski definition) is 32. The number of aldehydes is 2. The molecule has 46 heteroatoms. The second kappa shape index (κ2) is 47.8. The van der Waals surface area contributed by atoms with E-state index in [0.717, 1.165) is 30.9 Å². The van der Waals surface area contributed by atoms with Crippen LogP contribution in [0.1, 0.15) is 103 Å². The van der Waals surface area contributed by atoms with E-state index in [2.05, 4.69) is 24.9 Å². The van der Waals surface area contributed by atoms with Gasteiger partial charge >= 0.3 is 0 Å². The zero-order valence-electron chi connectivity index (χ0n) is 68.6. The molecule has 10 aromatic rings. The van der Waals surface area contributed by atoms with Gasteiger partial charge in [0.25, 0.3) is 68.1 Å². The Hall–Kier alpha value is -15.3. The first-order chi connectivity index (χ1) is 59.0. The van der Waals surface area contributed by atoms with Crippen molar-refractivity contribution in [3.63, 3.8) is 0 Å². The molecule has 1 saturated heterocycles. The molecular weight excluding hydrogens is 1740 g/mol. The number of likely N-dealkylation sites (tertiary alicyclic amines) is 1. The molecule has 0 saturated carbocycles. The second-order valence-corrected chi connectivity index (χ2v) is 28.7. The zero-order chi connectivity index (χ0) is 92.7. The molecular formula is C80H79ClFeN16O27S. The Morgan fingerprint density at radius 2 is 0.746 bits per heavy atom. The van der Waals surface area contributed by atoms with Crippen LogP contribution in [0.2, 0.25) is 5.02 Å². The standard InChI is InChI=1S/C19H20N4O5.C16H17N3O7S.C15H15N3O5.C15H13N3O5.C8H10N2O2.C7H4ClNO3.Fe/c1-21(2)19(25)16-7-6-15(11-20-16)28-17-8-5-14(23(26)27)10-13(17)12-22-9-3-4-18(22)24;1-18(2)16(20)14-6-5-13(9-17-14)26-15-7-4-12(19(21)22)8-11(15)10-25-27(3,23)24;2*1-17(2)15(20)13-5-4-12(8-16-13)23-14-6-3-11(18(21)22)7-10(14)9-19;1-10(2)8(12)7-4-3-6(11)5-9-7;8-7-2-1-6(9(11)12)3-5(7)4-10;/h5-8,10-11H,3-4,9,12H2,1-2H3;4-9H,10H2,1-3H3;3-8,19H,9H2,1-2H3;3-9H,1-2H3;3-5,11H,1-2H3;1-4H;. The number of rotatable bonds is 26. The van der Waals surface area contributed by atoms with Crippen molar-refractivity contribution in [2.24, 2.45) is 0 Å². The predicted octanol–water partition coefficient (Wildman–Crippen LogP) is 11.4. The summed E-state index contributed by atoms with van der Waals surface area (Å²) in [6, 6.07) is 34.5. The van der Waals surface area contributed by atoms with Crippen LogP contribution in [0.15, 0.2) is 183 Å². The number of nitrogens with zero attached hydrogens (tertiary/aromatic N) is 16. The normalized spacial score (nSPS) is 10.9. The molecule has 0 bridgehead atoms. The summed E-state index contributed by atoms with van der Waals surface area (Å²) in [5.41, 5.74) is 1.75. The van der Waals surface area contributed by atoms with Crippen molar-refractivity contribution in [3.8, 4) is 51.7 Å². The van der Waals surface area contributed by atoms with E-state index in [1.54, 1.807) is 93.6 Å². The topological polar surface area (TPSA) is 557 Å². The molecule has 1 aliphatic heterocycles. The van der Waals surface area contributed by atoms with Gasteiger partial charge in [-0.05, 0) is 97.4 Å². The number of nitro benzene ring substituents is 5. The molecule has 5 aromatic carbocycles. The maximum atomic E-state index is 11.9. The van der Waals surface area contributed by atoms with Gasteiger partial charge in [0.2, 0.25) is 5.91 Å². The van der Waals surface area contributed by atoms with Gasteiger partial charge in [-0.3, -0.25) is 93.1 Å². The third-order valence-corrected chi connectivity index (χ3v) is 17.2. The van der Waals surface area contributed by atoms with E-state index in [1.807, 2.05) is 0 Å². The summed E-state index contributed by atoms with van der Waals surface area (Å²) in [5.74, 6) is 1.24. The van der Waals surface area contributed by atoms with Gasteiger partial charge in [-0.15, -0.1) is 0 Å². The molecule has 0 atom stereocenters. The fourth-order valence-corrected chi connectivity index (χ4v) is 10.5. The van der Waals surface area contributed by atoms with Gasteiger partial charge in [0.1, 0.15) is 80.2 Å². The molecule has 126 heavy (non-hydrogen) atoms. The first kappa shape index (κ1) is 101. The van der Waals surface area contributed by atoms with Gasteiger partial charge in [-0.25, -0.2) is 24.9 Å². The summed E-state index contributed by atoms with van der Waals surface area (Å²) >= 11 is 5.55. The van der Waals surface area contributed by atoms with E-state index in [1.165, 1.54) is 171 Å². The second-order valence-electron chi connectivity index (χ2n) is 26.7. The van der Waals surface area contributed by atoms with E-state index in [4.69, 9.17) is 39.8 Å². The fraction of sp³-hybridized carbons (Fsp3) is 0.212. The Morgan fingerprint density at radius 3 is 1.05 bits per heavy atom. The minimum absolute atomic E-state index is 0. The summed E-state index contributed by atoms with van der Waals surface area (Å²) in [5, 5.41) is 72.1. The molecule has 5 aromatic heterocycles. The van der Waals surface area contributed by atoms with Crippen LogP contribution >= 0.6 is 11.6 Å². The molecule has 662 valence electrons. The molecule has 0 aliphatic carbocycles. The van der Waals surface area contributed by atoms with E-state index in [0.29, 0.717) is 59.8 Å². The molecule has 6 heterocycles. The van der Waals surface area contributed by atoms with Crippen molar-refractivity contribution >= 4 is 98.2 Å². The Kier molecular flexibility index (Phi) is 38.4. The molecule has 0 spiro atoms. The van der Waals surface area contributed by atoms with Gasteiger partial charge < -0.3 is 58.6 Å². The van der Waals surface area contributed by atoms with Crippen molar-refractivity contribution < 1.29 is 122 Å². The van der Waals surface area contributed by atoms with Crippen LogP contribution in [0.3, 0.4) is 0 Å². The minimum atomic E-state index is -3.75. The average molecular weight is 1820 g/mol. The number of nitro groups is 5. The number of aromatic nitrogens is 5. The smallest absolute Gasteiger partial charge is 0.271 e. The van der Waals surface area contributed by atoms with Gasteiger partial charge in [0.05, 0.1) is 85.7 Å². The van der Waals surface area contributed by atoms with Gasteiger partial charge in [-0.2, -0.15) is 8.42 Å². The Labute approximate surface area is 732 Å². The van der Waals surface area contributed by atoms with Crippen LogP contribution in [0.25, 0.3) is 0 Å². The number of aromatic hydroxyl groups is 1. The van der Waals surface area contributed by atoms with Crippen LogP contribution in [0, 0.1) is 50.6 Å². The summed E-state index contributed by atoms with van der Waals surface area (Å²) in [7, 11) is 12.5. The average Bonchev–Trinajstić information content (AvgIpc) is 1.51. The van der Waals surface area contributed by atoms with Gasteiger partial charge in [0.15, 0.2) is 12.6 Å². The molecule has 6 amide bonds. The van der Waals surface area contributed by atoms with Crippen molar-refractivity contribution in [1.29, 1.82) is 0 Å². The van der Waals surface area contributed by atoms with E-state index < -0.39 is 47.9 Å². The molecule has 1 aliphatic rings. The summed E-state index contributed by atoms with van der Waals surface area (Å²) in [6.07, 6.45) is 9.78. The molecule has 0 radical (unpaired) electrons. The van der Waals surface area contributed by atoms with Crippen molar-refractivity contribution in [2.45, 2.75) is 32.6 Å². The molecule has 2 N–H and O–H groups in total. The maximum Gasteiger partial charge on any atom is 0.271 e. The van der Waals surface area contributed by atoms with Crippen LogP contribution in [-0.2, 0) is 55.9 Å². The predicted molar refractivity (Wildman–Crippen MR) is 445 cm³/mol. The number of pyridine rings is 5. The minimum Gasteiger partial charge on any atom is -0.506 e. The van der Waals surface area contributed by atoms with Gasteiger partial charge in [0, 0.05) is 190 Å². The number of aliphatic hydroxyl groups is 1. The third-order valence-electron chi connectivity index (χ3n) is 16.3. The quantitative estimate of drug-likeness (QED) is 0.0167. The summed E-state index contributed by atoms with van der Waals surface area (Å²) in [4.78, 5) is 171. The first-order valence-electron chi connectivity index (χ1n) is 36.0. The molecule has 43 nitrogen and oxygen atoms in total. The maximum absolute atomic E-state index is 11.9. The molecule has 0 unspecified atom stereocenters. The number of halogens is 1. The zero-order valence-corrected chi connectivity index (χ0v) is 71.3. The van der Waals surface area contributed by atoms with Crippen molar-refractivity contribution in [1.82, 2.24) is 54.3 Å². The number of benzene rings is 5. The third kappa shape index (κ3) is 31.0. The fourth-order valence-electron chi connectivity index (χ4n) is 9.95. The van der Waals surface area contributed by atoms with Crippen LogP contribution < -0.4 is 18.9 Å². The van der Waals surface area contributed by atoms with E-state index >= 15 is 0 Å². The van der Waals surface area contributed by atoms with Crippen LogP contribution in [-0.4, -0.2) is 229 Å². The van der Waals surface area contributed by atoms with E-state index in [9.17, 15) is 102 Å². The summed E-state index contributed by atoms with van der Waals surface area (Å²) in [6.45, 7) is 0.0203.